The summed E-state index contributed by atoms with van der Waals surface area (Å²) in [5.74, 6) is 3.17. The second kappa shape index (κ2) is 6.19. The maximum atomic E-state index is 3.35. The van der Waals surface area contributed by atoms with Crippen molar-refractivity contribution >= 4 is 0 Å². The van der Waals surface area contributed by atoms with Crippen LogP contribution in [0.4, 0.5) is 0 Å². The first-order valence-corrected chi connectivity index (χ1v) is 7.59. The minimum absolute atomic E-state index is 0.740. The molecule has 0 aromatic rings. The first-order valence-electron chi connectivity index (χ1n) is 7.59. The zero-order valence-corrected chi connectivity index (χ0v) is 11.9. The molecule has 100 valence electrons. The molecule has 2 aliphatic rings. The summed E-state index contributed by atoms with van der Waals surface area (Å²) in [7, 11) is 4.41. The number of hydrogen-bond donors (Lipinski definition) is 1. The standard InChI is InChI=1S/C15H30N2/c1-4-5-15(10-16-2)17(3)11-14-9-12-6-7-13(14)8-12/h12-16H,4-11H2,1-3H3. The molecule has 0 aromatic carbocycles. The topological polar surface area (TPSA) is 15.3 Å². The average Bonchev–Trinajstić information content (AvgIpc) is 2.90. The van der Waals surface area contributed by atoms with Crippen molar-refractivity contribution in [1.29, 1.82) is 0 Å². The van der Waals surface area contributed by atoms with Gasteiger partial charge in [-0.05, 0) is 57.5 Å². The number of hydrogen-bond acceptors (Lipinski definition) is 2. The maximum absolute atomic E-state index is 3.35. The van der Waals surface area contributed by atoms with Gasteiger partial charge in [0.2, 0.25) is 0 Å². The Hall–Kier alpha value is -0.0800. The Kier molecular flexibility index (Phi) is 4.87. The Morgan fingerprint density at radius 3 is 2.65 bits per heavy atom. The molecule has 2 nitrogen and oxygen atoms in total. The van der Waals surface area contributed by atoms with E-state index in [0.29, 0.717) is 0 Å². The fraction of sp³-hybridized carbons (Fsp3) is 1.00. The quantitative estimate of drug-likeness (QED) is 0.733. The number of rotatable bonds is 7. The molecule has 2 aliphatic carbocycles. The summed E-state index contributed by atoms with van der Waals surface area (Å²) in [6.45, 7) is 4.78. The van der Waals surface area contributed by atoms with Crippen LogP contribution in [0.1, 0.15) is 45.4 Å². The first kappa shape index (κ1) is 13.4. The van der Waals surface area contributed by atoms with Gasteiger partial charge in [0.05, 0.1) is 0 Å². The maximum Gasteiger partial charge on any atom is 0.0217 e. The summed E-state index contributed by atoms with van der Waals surface area (Å²) >= 11 is 0. The van der Waals surface area contributed by atoms with E-state index in [4.69, 9.17) is 0 Å². The third-order valence-corrected chi connectivity index (χ3v) is 5.09. The van der Waals surface area contributed by atoms with Crippen LogP contribution in [-0.4, -0.2) is 38.1 Å². The summed E-state index contributed by atoms with van der Waals surface area (Å²) in [5.41, 5.74) is 0. The van der Waals surface area contributed by atoms with E-state index in [1.54, 1.807) is 6.42 Å². The molecule has 4 atom stereocenters. The first-order chi connectivity index (χ1) is 8.24. The van der Waals surface area contributed by atoms with Crippen LogP contribution in [0, 0.1) is 17.8 Å². The predicted molar refractivity (Wildman–Crippen MR) is 74.2 cm³/mol. The molecule has 17 heavy (non-hydrogen) atoms. The molecule has 2 heteroatoms. The molecule has 0 aromatic heterocycles. The van der Waals surface area contributed by atoms with Gasteiger partial charge in [0.25, 0.3) is 0 Å². The van der Waals surface area contributed by atoms with Crippen LogP contribution in [0.3, 0.4) is 0 Å². The van der Waals surface area contributed by atoms with E-state index in [-0.39, 0.29) is 0 Å². The van der Waals surface area contributed by atoms with Crippen molar-refractivity contribution in [1.82, 2.24) is 10.2 Å². The molecule has 0 heterocycles. The van der Waals surface area contributed by atoms with Crippen molar-refractivity contribution < 1.29 is 0 Å². The normalized spacial score (nSPS) is 33.5. The highest BCUT2D eigenvalue weighted by Gasteiger charge is 2.39. The lowest BCUT2D eigenvalue weighted by molar-refractivity contribution is 0.164. The molecule has 0 radical (unpaired) electrons. The van der Waals surface area contributed by atoms with Crippen LogP contribution < -0.4 is 5.32 Å². The van der Waals surface area contributed by atoms with E-state index in [2.05, 4.69) is 31.2 Å². The Bertz CT molecular complexity index is 223. The van der Waals surface area contributed by atoms with E-state index >= 15 is 0 Å². The minimum Gasteiger partial charge on any atom is -0.318 e. The third-order valence-electron chi connectivity index (χ3n) is 5.09. The number of fused-ring (bicyclic) bond motifs is 2. The number of nitrogens with one attached hydrogen (secondary N) is 1. The Balaban J connectivity index is 1.80. The molecule has 0 aliphatic heterocycles. The van der Waals surface area contributed by atoms with Gasteiger partial charge < -0.3 is 10.2 Å². The summed E-state index contributed by atoms with van der Waals surface area (Å²) in [5, 5.41) is 3.35. The van der Waals surface area contributed by atoms with E-state index in [9.17, 15) is 0 Å². The summed E-state index contributed by atoms with van der Waals surface area (Å²) in [4.78, 5) is 2.63. The SMILES string of the molecule is CCCC(CNC)N(C)CC1CC2CCC1C2. The summed E-state index contributed by atoms with van der Waals surface area (Å²) < 4.78 is 0. The van der Waals surface area contributed by atoms with Crippen LogP contribution in [-0.2, 0) is 0 Å². The van der Waals surface area contributed by atoms with E-state index < -0.39 is 0 Å². The van der Waals surface area contributed by atoms with Crippen LogP contribution in [0.2, 0.25) is 0 Å². The highest BCUT2D eigenvalue weighted by molar-refractivity contribution is 4.91. The van der Waals surface area contributed by atoms with Gasteiger partial charge in [-0.15, -0.1) is 0 Å². The monoisotopic (exact) mass is 238 g/mol. The van der Waals surface area contributed by atoms with E-state index in [1.165, 1.54) is 38.6 Å². The fourth-order valence-electron chi connectivity index (χ4n) is 4.17. The van der Waals surface area contributed by atoms with Crippen LogP contribution >= 0.6 is 0 Å². The predicted octanol–water partition coefficient (Wildman–Crippen LogP) is 2.74. The zero-order valence-electron chi connectivity index (χ0n) is 11.9. The molecule has 0 spiro atoms. The molecule has 0 amide bonds. The molecule has 2 saturated carbocycles. The van der Waals surface area contributed by atoms with Crippen molar-refractivity contribution in [2.24, 2.45) is 17.8 Å². The van der Waals surface area contributed by atoms with Gasteiger partial charge in [0.1, 0.15) is 0 Å². The molecule has 4 unspecified atom stereocenters. The zero-order chi connectivity index (χ0) is 12.3. The number of nitrogens with zero attached hydrogens (tertiary/aromatic N) is 1. The second-order valence-electron chi connectivity index (χ2n) is 6.37. The van der Waals surface area contributed by atoms with E-state index in [0.717, 1.165) is 30.3 Å². The molecular weight excluding hydrogens is 208 g/mol. The summed E-state index contributed by atoms with van der Waals surface area (Å²) in [6, 6.07) is 0.740. The lowest BCUT2D eigenvalue weighted by Crippen LogP contribution is -2.42. The van der Waals surface area contributed by atoms with Crippen molar-refractivity contribution in [3.63, 3.8) is 0 Å². The van der Waals surface area contributed by atoms with Gasteiger partial charge in [0.15, 0.2) is 0 Å². The Labute approximate surface area is 107 Å². The van der Waals surface area contributed by atoms with Gasteiger partial charge >= 0.3 is 0 Å². The lowest BCUT2D eigenvalue weighted by Gasteiger charge is -2.33. The average molecular weight is 238 g/mol. The van der Waals surface area contributed by atoms with Gasteiger partial charge in [-0.25, -0.2) is 0 Å². The third kappa shape index (κ3) is 3.23. The van der Waals surface area contributed by atoms with Crippen molar-refractivity contribution in [3.8, 4) is 0 Å². The van der Waals surface area contributed by atoms with Crippen molar-refractivity contribution in [3.05, 3.63) is 0 Å². The van der Waals surface area contributed by atoms with Crippen LogP contribution in [0.25, 0.3) is 0 Å². The number of likely N-dealkylation sites (N-methyl/N-ethyl adjacent to an activating group) is 2. The molecule has 1 N–H and O–H groups in total. The van der Waals surface area contributed by atoms with Gasteiger partial charge in [0, 0.05) is 19.1 Å². The Morgan fingerprint density at radius 2 is 2.12 bits per heavy atom. The van der Waals surface area contributed by atoms with Gasteiger partial charge in [-0.1, -0.05) is 19.8 Å². The van der Waals surface area contributed by atoms with Crippen molar-refractivity contribution in [2.45, 2.75) is 51.5 Å². The highest BCUT2D eigenvalue weighted by Crippen LogP contribution is 2.48. The van der Waals surface area contributed by atoms with E-state index in [1.807, 2.05) is 0 Å². The molecule has 2 rings (SSSR count). The highest BCUT2D eigenvalue weighted by atomic mass is 15.1. The molecule has 2 fully saturated rings. The van der Waals surface area contributed by atoms with Crippen molar-refractivity contribution in [2.75, 3.05) is 27.2 Å². The smallest absolute Gasteiger partial charge is 0.0217 e. The van der Waals surface area contributed by atoms with Gasteiger partial charge in [-0.3, -0.25) is 0 Å². The van der Waals surface area contributed by atoms with Crippen LogP contribution in [0.5, 0.6) is 0 Å². The molecular formula is C15H30N2. The van der Waals surface area contributed by atoms with Gasteiger partial charge in [-0.2, -0.15) is 0 Å². The van der Waals surface area contributed by atoms with Crippen LogP contribution in [0.15, 0.2) is 0 Å². The summed E-state index contributed by atoms with van der Waals surface area (Å²) in [6.07, 6.45) is 8.75. The second-order valence-corrected chi connectivity index (χ2v) is 6.37. The molecule has 2 bridgehead atoms. The largest absolute Gasteiger partial charge is 0.318 e. The molecule has 0 saturated heterocycles. The fourth-order valence-corrected chi connectivity index (χ4v) is 4.17. The minimum atomic E-state index is 0.740. The Morgan fingerprint density at radius 1 is 1.29 bits per heavy atom. The lowest BCUT2D eigenvalue weighted by atomic mass is 9.88.